The van der Waals surface area contributed by atoms with Crippen molar-refractivity contribution in [3.63, 3.8) is 0 Å². The summed E-state index contributed by atoms with van der Waals surface area (Å²) in [4.78, 5) is 27.1. The third-order valence-electron chi connectivity index (χ3n) is 7.27. The summed E-state index contributed by atoms with van der Waals surface area (Å²) < 4.78 is 11.4. The van der Waals surface area contributed by atoms with Gasteiger partial charge in [0.15, 0.2) is 0 Å². The van der Waals surface area contributed by atoms with Gasteiger partial charge < -0.3 is 19.4 Å². The lowest BCUT2D eigenvalue weighted by Gasteiger charge is -2.32. The summed E-state index contributed by atoms with van der Waals surface area (Å²) in [6, 6.07) is 14.5. The lowest BCUT2D eigenvalue weighted by molar-refractivity contribution is 0.0820. The average Bonchev–Trinajstić information content (AvgIpc) is 3.63. The minimum absolute atomic E-state index is 0.141. The van der Waals surface area contributed by atoms with Gasteiger partial charge >= 0.3 is 6.09 Å². The Hall–Kier alpha value is -3.00. The van der Waals surface area contributed by atoms with Crippen LogP contribution in [0.15, 0.2) is 47.5 Å². The van der Waals surface area contributed by atoms with E-state index in [1.54, 1.807) is 11.8 Å². The lowest BCUT2D eigenvalue weighted by Crippen LogP contribution is -2.40. The monoisotopic (exact) mass is 534 g/mol. The molecule has 1 unspecified atom stereocenters. The number of H-pyrrole nitrogens is 1. The molecule has 2 aliphatic rings. The molecule has 2 aromatic carbocycles. The molecule has 7 nitrogen and oxygen atoms in total. The highest BCUT2D eigenvalue weighted by atomic mass is 32.2. The standard InChI is InChI=1S/C30H38N4O3S/c1-2-3-18-36-30(35)34-17-6-8-22(20-34)7-4-9-23-10-5-11-26-28(23)33-27(32-26)21-37-25-14-12-24(13-15-25)29-31-16-19-38-29/h5,10-15,22H,2-4,6-9,16-21H2,1H3,(H,32,33). The molecule has 0 spiro atoms. The fraction of sp³-hybridized carbons (Fsp3) is 0.500. The summed E-state index contributed by atoms with van der Waals surface area (Å²) in [5.41, 5.74) is 4.49. The number of nitrogens with zero attached hydrogens (tertiary/aromatic N) is 3. The van der Waals surface area contributed by atoms with Crippen molar-refractivity contribution in [1.82, 2.24) is 14.9 Å². The van der Waals surface area contributed by atoms with E-state index in [9.17, 15) is 4.79 Å². The predicted molar refractivity (Wildman–Crippen MR) is 154 cm³/mol. The lowest BCUT2D eigenvalue weighted by atomic mass is 9.92. The van der Waals surface area contributed by atoms with Crippen LogP contribution in [0.3, 0.4) is 0 Å². The second-order valence-electron chi connectivity index (χ2n) is 10.2. The molecule has 8 heteroatoms. The number of para-hydroxylation sites is 1. The number of aryl methyl sites for hydroxylation is 1. The summed E-state index contributed by atoms with van der Waals surface area (Å²) in [6.45, 7) is 5.56. The zero-order valence-electron chi connectivity index (χ0n) is 22.3. The second kappa shape index (κ2) is 13.2. The van der Waals surface area contributed by atoms with Crippen LogP contribution in [-0.4, -0.2) is 58.0 Å². The Labute approximate surface area is 229 Å². The first-order valence-corrected chi connectivity index (χ1v) is 15.0. The molecular weight excluding hydrogens is 496 g/mol. The first-order chi connectivity index (χ1) is 18.7. The number of benzene rings is 2. The molecule has 1 N–H and O–H groups in total. The molecule has 1 fully saturated rings. The van der Waals surface area contributed by atoms with Gasteiger partial charge in [-0.2, -0.15) is 0 Å². The van der Waals surface area contributed by atoms with Crippen molar-refractivity contribution in [2.24, 2.45) is 10.9 Å². The first-order valence-electron chi connectivity index (χ1n) is 14.0. The Kier molecular flexibility index (Phi) is 9.23. The number of aliphatic imine (C=N–C) groups is 1. The molecule has 1 atom stereocenters. The number of hydrogen-bond donors (Lipinski definition) is 1. The van der Waals surface area contributed by atoms with Crippen LogP contribution in [0.5, 0.6) is 5.75 Å². The number of piperidine rings is 1. The quantitative estimate of drug-likeness (QED) is 0.280. The zero-order chi connectivity index (χ0) is 26.2. The van der Waals surface area contributed by atoms with E-state index in [1.807, 2.05) is 17.0 Å². The van der Waals surface area contributed by atoms with E-state index in [1.165, 1.54) is 12.0 Å². The van der Waals surface area contributed by atoms with E-state index >= 15 is 0 Å². The molecule has 3 aromatic rings. The van der Waals surface area contributed by atoms with E-state index in [2.05, 4.69) is 47.2 Å². The van der Waals surface area contributed by atoms with E-state index in [4.69, 9.17) is 14.5 Å². The Morgan fingerprint density at radius 2 is 2.08 bits per heavy atom. The molecule has 1 aromatic heterocycles. The number of thioether (sulfide) groups is 1. The van der Waals surface area contributed by atoms with Crippen molar-refractivity contribution in [2.75, 3.05) is 32.0 Å². The molecule has 2 aliphatic heterocycles. The highest BCUT2D eigenvalue weighted by Gasteiger charge is 2.24. The van der Waals surface area contributed by atoms with Crippen LogP contribution in [0.4, 0.5) is 4.79 Å². The molecule has 38 heavy (non-hydrogen) atoms. The minimum atomic E-state index is -0.141. The van der Waals surface area contributed by atoms with Crippen LogP contribution in [0, 0.1) is 5.92 Å². The number of hydrogen-bond acceptors (Lipinski definition) is 6. The first kappa shape index (κ1) is 26.6. The molecule has 5 rings (SSSR count). The normalized spacial score (nSPS) is 17.6. The number of carbonyl (C=O) groups is 1. The SMILES string of the molecule is CCCCOC(=O)N1CCCC(CCCc2cccc3[nH]c(COc4ccc(C5=NCCS5)cc4)nc23)C1. The Bertz CT molecular complexity index is 1240. The van der Waals surface area contributed by atoms with Gasteiger partial charge in [0.1, 0.15) is 18.2 Å². The largest absolute Gasteiger partial charge is 0.486 e. The van der Waals surface area contributed by atoms with E-state index in [0.717, 1.165) is 97.1 Å². The topological polar surface area (TPSA) is 79.8 Å². The van der Waals surface area contributed by atoms with Crippen LogP contribution < -0.4 is 4.74 Å². The highest BCUT2D eigenvalue weighted by molar-refractivity contribution is 8.14. The van der Waals surface area contributed by atoms with Crippen molar-refractivity contribution in [3.05, 3.63) is 59.4 Å². The Morgan fingerprint density at radius 1 is 1.18 bits per heavy atom. The highest BCUT2D eigenvalue weighted by Crippen LogP contribution is 2.25. The number of fused-ring (bicyclic) bond motifs is 1. The van der Waals surface area contributed by atoms with Gasteiger partial charge in [0.2, 0.25) is 0 Å². The number of nitrogens with one attached hydrogen (secondary N) is 1. The summed E-state index contributed by atoms with van der Waals surface area (Å²) >= 11 is 1.81. The van der Waals surface area contributed by atoms with Gasteiger partial charge in [-0.25, -0.2) is 9.78 Å². The van der Waals surface area contributed by atoms with Gasteiger partial charge in [-0.05, 0) is 80.3 Å². The van der Waals surface area contributed by atoms with Gasteiger partial charge in [0, 0.05) is 31.0 Å². The summed E-state index contributed by atoms with van der Waals surface area (Å²) in [5.74, 6) is 3.26. The molecule has 0 aliphatic carbocycles. The number of aromatic amines is 1. The molecular formula is C30H38N4O3S. The van der Waals surface area contributed by atoms with Gasteiger partial charge in [0.25, 0.3) is 0 Å². The molecule has 1 amide bonds. The summed E-state index contributed by atoms with van der Waals surface area (Å²) in [6.07, 6.45) is 7.23. The number of ether oxygens (including phenoxy) is 2. The molecule has 202 valence electrons. The third kappa shape index (κ3) is 6.90. The van der Waals surface area contributed by atoms with E-state index in [-0.39, 0.29) is 6.09 Å². The van der Waals surface area contributed by atoms with Gasteiger partial charge in [-0.15, -0.1) is 11.8 Å². The number of aromatic nitrogens is 2. The predicted octanol–water partition coefficient (Wildman–Crippen LogP) is 6.61. The maximum atomic E-state index is 12.4. The fourth-order valence-corrected chi connectivity index (χ4v) is 6.07. The van der Waals surface area contributed by atoms with E-state index in [0.29, 0.717) is 19.1 Å². The maximum absolute atomic E-state index is 12.4. The van der Waals surface area contributed by atoms with E-state index < -0.39 is 0 Å². The molecule has 0 saturated carbocycles. The molecule has 0 bridgehead atoms. The second-order valence-corrected chi connectivity index (χ2v) is 11.2. The van der Waals surface area contributed by atoms with Crippen molar-refractivity contribution in [2.45, 2.75) is 58.5 Å². The fourth-order valence-electron chi connectivity index (χ4n) is 5.21. The Balaban J connectivity index is 1.12. The number of imidazole rings is 1. The van der Waals surface area contributed by atoms with Crippen LogP contribution in [-0.2, 0) is 17.8 Å². The molecule has 3 heterocycles. The van der Waals surface area contributed by atoms with Crippen LogP contribution in [0.25, 0.3) is 11.0 Å². The number of carbonyl (C=O) groups excluding carboxylic acids is 1. The third-order valence-corrected chi connectivity index (χ3v) is 8.29. The van der Waals surface area contributed by atoms with Crippen molar-refractivity contribution in [3.8, 4) is 5.75 Å². The number of rotatable bonds is 11. The number of unbranched alkanes of at least 4 members (excludes halogenated alkanes) is 1. The summed E-state index contributed by atoms with van der Waals surface area (Å²) in [7, 11) is 0. The van der Waals surface area contributed by atoms with Gasteiger partial charge in [0.05, 0.1) is 22.7 Å². The molecule has 0 radical (unpaired) electrons. The smallest absolute Gasteiger partial charge is 0.409 e. The van der Waals surface area contributed by atoms with Crippen molar-refractivity contribution < 1.29 is 14.3 Å². The molecule has 1 saturated heterocycles. The maximum Gasteiger partial charge on any atom is 0.409 e. The van der Waals surface area contributed by atoms with Gasteiger partial charge in [-0.3, -0.25) is 4.99 Å². The zero-order valence-corrected chi connectivity index (χ0v) is 23.1. The van der Waals surface area contributed by atoms with Crippen molar-refractivity contribution >= 4 is 33.9 Å². The number of likely N-dealkylation sites (tertiary alicyclic amines) is 1. The van der Waals surface area contributed by atoms with Gasteiger partial charge in [-0.1, -0.05) is 25.5 Å². The Morgan fingerprint density at radius 3 is 2.89 bits per heavy atom. The van der Waals surface area contributed by atoms with Crippen LogP contribution >= 0.6 is 11.8 Å². The van der Waals surface area contributed by atoms with Crippen molar-refractivity contribution in [1.29, 1.82) is 0 Å². The van der Waals surface area contributed by atoms with Crippen LogP contribution in [0.2, 0.25) is 0 Å². The number of amides is 1. The van der Waals surface area contributed by atoms with Crippen LogP contribution in [0.1, 0.15) is 62.4 Å². The summed E-state index contributed by atoms with van der Waals surface area (Å²) in [5, 5.41) is 1.12. The average molecular weight is 535 g/mol. The minimum Gasteiger partial charge on any atom is -0.486 e.